The molecular weight excluding hydrogens is 268 g/mol. The van der Waals surface area contributed by atoms with Crippen molar-refractivity contribution >= 4 is 29.3 Å². The number of carboxylic acids is 1. The van der Waals surface area contributed by atoms with Crippen molar-refractivity contribution < 1.29 is 9.90 Å². The summed E-state index contributed by atoms with van der Waals surface area (Å²) in [5.41, 5.74) is 0. The minimum Gasteiger partial charge on any atom is -0.481 e. The highest BCUT2D eigenvalue weighted by Crippen LogP contribution is 2.37. The second kappa shape index (κ2) is 6.48. The van der Waals surface area contributed by atoms with Gasteiger partial charge in [-0.05, 0) is 37.1 Å². The van der Waals surface area contributed by atoms with Crippen molar-refractivity contribution in [2.45, 2.75) is 42.2 Å². The molecule has 1 aromatic carbocycles. The Kier molecular flexibility index (Phi) is 4.95. The molecule has 0 spiro atoms. The van der Waals surface area contributed by atoms with Gasteiger partial charge in [-0.2, -0.15) is 0 Å². The molecule has 0 heterocycles. The minimum absolute atomic E-state index is 0.186. The number of carbonyl (C=O) groups is 1. The molecule has 1 aromatic rings. The Morgan fingerprint density at radius 3 is 2.50 bits per heavy atom. The van der Waals surface area contributed by atoms with Crippen LogP contribution < -0.4 is 0 Å². The predicted octanol–water partition coefficient (Wildman–Crippen LogP) is 4.47. The number of halogens is 1. The number of thioether (sulfide) groups is 1. The summed E-state index contributed by atoms with van der Waals surface area (Å²) in [7, 11) is 0. The number of benzene rings is 1. The van der Waals surface area contributed by atoms with Crippen molar-refractivity contribution in [1.29, 1.82) is 0 Å². The summed E-state index contributed by atoms with van der Waals surface area (Å²) in [4.78, 5) is 12.4. The molecule has 1 N–H and O–H groups in total. The van der Waals surface area contributed by atoms with E-state index in [2.05, 4.69) is 0 Å². The molecule has 0 bridgehead atoms. The van der Waals surface area contributed by atoms with Crippen LogP contribution in [0.1, 0.15) is 32.1 Å². The summed E-state index contributed by atoms with van der Waals surface area (Å²) >= 11 is 7.54. The normalized spacial score (nSPS) is 24.5. The molecule has 2 unspecified atom stereocenters. The predicted molar refractivity (Wildman–Crippen MR) is 75.3 cm³/mol. The zero-order valence-electron chi connectivity index (χ0n) is 10.1. The van der Waals surface area contributed by atoms with Crippen molar-refractivity contribution in [1.82, 2.24) is 0 Å². The van der Waals surface area contributed by atoms with Crippen LogP contribution in [0, 0.1) is 5.92 Å². The van der Waals surface area contributed by atoms with Crippen molar-refractivity contribution in [3.05, 3.63) is 29.3 Å². The molecule has 0 saturated heterocycles. The first-order chi connectivity index (χ1) is 8.66. The average Bonchev–Trinajstić information content (AvgIpc) is 2.57. The van der Waals surface area contributed by atoms with Gasteiger partial charge < -0.3 is 5.11 Å². The van der Waals surface area contributed by atoms with E-state index >= 15 is 0 Å². The average molecular weight is 285 g/mol. The number of rotatable bonds is 3. The third kappa shape index (κ3) is 3.66. The highest BCUT2D eigenvalue weighted by molar-refractivity contribution is 8.00. The number of carboxylic acid groups (broad SMARTS) is 1. The zero-order chi connectivity index (χ0) is 13.0. The Bertz CT molecular complexity index is 405. The fraction of sp³-hybridized carbons (Fsp3) is 0.500. The van der Waals surface area contributed by atoms with E-state index in [4.69, 9.17) is 11.6 Å². The van der Waals surface area contributed by atoms with Crippen LogP contribution in [0.2, 0.25) is 5.02 Å². The second-order valence-electron chi connectivity index (χ2n) is 4.69. The van der Waals surface area contributed by atoms with Gasteiger partial charge in [0.15, 0.2) is 0 Å². The lowest BCUT2D eigenvalue weighted by Gasteiger charge is -2.20. The molecule has 2 rings (SSSR count). The summed E-state index contributed by atoms with van der Waals surface area (Å²) < 4.78 is 0. The van der Waals surface area contributed by atoms with Gasteiger partial charge in [-0.15, -0.1) is 11.8 Å². The summed E-state index contributed by atoms with van der Waals surface area (Å²) in [5.74, 6) is -0.864. The quantitative estimate of drug-likeness (QED) is 0.832. The van der Waals surface area contributed by atoms with Crippen LogP contribution in [-0.4, -0.2) is 16.3 Å². The molecule has 1 aliphatic carbocycles. The largest absolute Gasteiger partial charge is 0.481 e. The Morgan fingerprint density at radius 1 is 1.17 bits per heavy atom. The SMILES string of the molecule is O=C(O)C1CCCCCC1Sc1ccc(Cl)cc1. The van der Waals surface area contributed by atoms with Gasteiger partial charge in [0.2, 0.25) is 0 Å². The third-order valence-electron chi connectivity index (χ3n) is 3.37. The van der Waals surface area contributed by atoms with E-state index in [1.165, 1.54) is 0 Å². The number of hydrogen-bond donors (Lipinski definition) is 1. The van der Waals surface area contributed by atoms with Crippen molar-refractivity contribution in [2.24, 2.45) is 5.92 Å². The first kappa shape index (κ1) is 13.8. The smallest absolute Gasteiger partial charge is 0.307 e. The molecule has 0 amide bonds. The first-order valence-corrected chi connectivity index (χ1v) is 7.57. The first-order valence-electron chi connectivity index (χ1n) is 6.32. The molecule has 2 atom stereocenters. The van der Waals surface area contributed by atoms with Gasteiger partial charge in [0.05, 0.1) is 5.92 Å². The highest BCUT2D eigenvalue weighted by atomic mass is 35.5. The van der Waals surface area contributed by atoms with E-state index in [0.29, 0.717) is 0 Å². The summed E-state index contributed by atoms with van der Waals surface area (Å²) in [5, 5.41) is 10.2. The van der Waals surface area contributed by atoms with Crippen LogP contribution in [0.25, 0.3) is 0 Å². The maximum atomic E-state index is 11.3. The summed E-state index contributed by atoms with van der Waals surface area (Å²) in [6.45, 7) is 0. The van der Waals surface area contributed by atoms with E-state index in [1.807, 2.05) is 24.3 Å². The van der Waals surface area contributed by atoms with Gasteiger partial charge in [0.1, 0.15) is 0 Å². The lowest BCUT2D eigenvalue weighted by Crippen LogP contribution is -2.24. The van der Waals surface area contributed by atoms with Crippen LogP contribution in [0.4, 0.5) is 0 Å². The van der Waals surface area contributed by atoms with Crippen molar-refractivity contribution in [2.75, 3.05) is 0 Å². The van der Waals surface area contributed by atoms with Crippen LogP contribution in [0.15, 0.2) is 29.2 Å². The topological polar surface area (TPSA) is 37.3 Å². The van der Waals surface area contributed by atoms with Gasteiger partial charge in [-0.1, -0.05) is 30.9 Å². The third-order valence-corrected chi connectivity index (χ3v) is 5.03. The summed E-state index contributed by atoms with van der Waals surface area (Å²) in [6.07, 6.45) is 5.12. The Balaban J connectivity index is 2.08. The van der Waals surface area contributed by atoms with Gasteiger partial charge >= 0.3 is 5.97 Å². The van der Waals surface area contributed by atoms with Crippen LogP contribution in [0.5, 0.6) is 0 Å². The maximum absolute atomic E-state index is 11.3. The Labute approximate surface area is 117 Å². The van der Waals surface area contributed by atoms with Crippen molar-refractivity contribution in [3.63, 3.8) is 0 Å². The molecular formula is C14H17ClO2S. The number of aliphatic carboxylic acids is 1. The van der Waals surface area contributed by atoms with Crippen molar-refractivity contribution in [3.8, 4) is 0 Å². The molecule has 0 aliphatic heterocycles. The molecule has 18 heavy (non-hydrogen) atoms. The molecule has 0 aromatic heterocycles. The molecule has 2 nitrogen and oxygen atoms in total. The van der Waals surface area contributed by atoms with E-state index in [9.17, 15) is 9.90 Å². The van der Waals surface area contributed by atoms with Gasteiger partial charge in [0.25, 0.3) is 0 Å². The van der Waals surface area contributed by atoms with Crippen LogP contribution in [0.3, 0.4) is 0 Å². The van der Waals surface area contributed by atoms with E-state index in [0.717, 1.165) is 42.0 Å². The fourth-order valence-electron chi connectivity index (χ4n) is 2.39. The van der Waals surface area contributed by atoms with Gasteiger partial charge in [-0.3, -0.25) is 4.79 Å². The maximum Gasteiger partial charge on any atom is 0.307 e. The lowest BCUT2D eigenvalue weighted by molar-refractivity contribution is -0.141. The molecule has 1 saturated carbocycles. The number of hydrogen-bond acceptors (Lipinski definition) is 2. The van der Waals surface area contributed by atoms with Crippen LogP contribution in [-0.2, 0) is 4.79 Å². The Hall–Kier alpha value is -0.670. The Morgan fingerprint density at radius 2 is 1.83 bits per heavy atom. The molecule has 98 valence electrons. The van der Waals surface area contributed by atoms with Gasteiger partial charge in [0, 0.05) is 15.2 Å². The van der Waals surface area contributed by atoms with Crippen LogP contribution >= 0.6 is 23.4 Å². The molecule has 1 fully saturated rings. The summed E-state index contributed by atoms with van der Waals surface area (Å²) in [6, 6.07) is 7.65. The van der Waals surface area contributed by atoms with Gasteiger partial charge in [-0.25, -0.2) is 0 Å². The highest BCUT2D eigenvalue weighted by Gasteiger charge is 2.30. The second-order valence-corrected chi connectivity index (χ2v) is 6.44. The van der Waals surface area contributed by atoms with E-state index in [1.54, 1.807) is 11.8 Å². The zero-order valence-corrected chi connectivity index (χ0v) is 11.7. The fourth-order valence-corrected chi connectivity index (χ4v) is 3.86. The standard InChI is InChI=1S/C14H17ClO2S/c15-10-6-8-11(9-7-10)18-13-5-3-1-2-4-12(13)14(16)17/h6-9,12-13H,1-5H2,(H,16,17). The molecule has 1 aliphatic rings. The molecule has 0 radical (unpaired) electrons. The monoisotopic (exact) mass is 284 g/mol. The van der Waals surface area contributed by atoms with E-state index in [-0.39, 0.29) is 11.2 Å². The minimum atomic E-state index is -0.650. The lowest BCUT2D eigenvalue weighted by atomic mass is 10.0. The molecule has 4 heteroatoms. The van der Waals surface area contributed by atoms with E-state index < -0.39 is 5.97 Å².